The molecule has 0 N–H and O–H groups in total. The highest BCUT2D eigenvalue weighted by Crippen LogP contribution is 2.40. The summed E-state index contributed by atoms with van der Waals surface area (Å²) in [5, 5.41) is 0. The average molecular weight is 237 g/mol. The zero-order valence-corrected chi connectivity index (χ0v) is 10.5. The van der Waals surface area contributed by atoms with Crippen LogP contribution in [0, 0.1) is 0 Å². The van der Waals surface area contributed by atoms with Crippen molar-refractivity contribution >= 4 is 5.97 Å². The van der Waals surface area contributed by atoms with Crippen LogP contribution in [0.2, 0.25) is 0 Å². The second kappa shape index (κ2) is 4.90. The highest BCUT2D eigenvalue weighted by molar-refractivity contribution is 5.88. The molecule has 1 saturated carbocycles. The maximum atomic E-state index is 11.8. The van der Waals surface area contributed by atoms with Gasteiger partial charge in [-0.2, -0.15) is 0 Å². The normalized spacial score (nSPS) is 18.9. The van der Waals surface area contributed by atoms with Crippen LogP contribution in [0.1, 0.15) is 62.2 Å². The molecule has 0 aliphatic heterocycles. The first-order chi connectivity index (χ1) is 8.17. The lowest BCUT2D eigenvalue weighted by atomic mass is 9.73. The number of hydrogen-bond donors (Lipinski definition) is 0. The average Bonchev–Trinajstić information content (AvgIpc) is 2.80. The van der Waals surface area contributed by atoms with Gasteiger partial charge in [0, 0.05) is 5.41 Å². The maximum absolute atomic E-state index is 11.8. The van der Waals surface area contributed by atoms with Gasteiger partial charge in [0.05, 0.1) is 6.61 Å². The Kier molecular flexibility index (Phi) is 3.50. The number of ether oxygens (including phenoxy) is 1. The molecule has 0 saturated heterocycles. The number of hydrogen-bond acceptors (Lipinski definition) is 4. The van der Waals surface area contributed by atoms with Crippen LogP contribution in [-0.2, 0) is 10.2 Å². The van der Waals surface area contributed by atoms with E-state index in [1.165, 1.54) is 25.7 Å². The standard InChI is InChI=1S/C13H19NO3/c1-3-16-12(15)10-11(17-9-14-10)13(2)7-5-4-6-8-13/h9H,3-8H2,1-2H3. The lowest BCUT2D eigenvalue weighted by Crippen LogP contribution is -2.27. The van der Waals surface area contributed by atoms with Gasteiger partial charge in [-0.1, -0.05) is 26.2 Å². The minimum absolute atomic E-state index is 0.0587. The number of nitrogens with zero attached hydrogens (tertiary/aromatic N) is 1. The molecule has 1 aliphatic rings. The molecule has 17 heavy (non-hydrogen) atoms. The lowest BCUT2D eigenvalue weighted by Gasteiger charge is -2.31. The second-order valence-corrected chi connectivity index (χ2v) is 4.87. The van der Waals surface area contributed by atoms with E-state index in [0.717, 1.165) is 12.8 Å². The Morgan fingerprint density at radius 1 is 1.47 bits per heavy atom. The van der Waals surface area contributed by atoms with Gasteiger partial charge in [-0.15, -0.1) is 0 Å². The minimum Gasteiger partial charge on any atom is -0.461 e. The van der Waals surface area contributed by atoms with Crippen LogP contribution in [0.5, 0.6) is 0 Å². The Labute approximate surface area is 101 Å². The summed E-state index contributed by atoms with van der Waals surface area (Å²) in [5.41, 5.74) is 0.299. The van der Waals surface area contributed by atoms with Crippen LogP contribution in [0.25, 0.3) is 0 Å². The summed E-state index contributed by atoms with van der Waals surface area (Å²) in [6.07, 6.45) is 7.07. The molecule has 0 unspecified atom stereocenters. The van der Waals surface area contributed by atoms with E-state index >= 15 is 0 Å². The van der Waals surface area contributed by atoms with Crippen LogP contribution < -0.4 is 0 Å². The second-order valence-electron chi connectivity index (χ2n) is 4.87. The summed E-state index contributed by atoms with van der Waals surface area (Å²) in [7, 11) is 0. The summed E-state index contributed by atoms with van der Waals surface area (Å²) in [4.78, 5) is 15.8. The molecule has 2 rings (SSSR count). The van der Waals surface area contributed by atoms with Crippen molar-refractivity contribution in [3.63, 3.8) is 0 Å². The van der Waals surface area contributed by atoms with E-state index in [1.54, 1.807) is 6.92 Å². The quantitative estimate of drug-likeness (QED) is 0.758. The fourth-order valence-corrected chi connectivity index (χ4v) is 2.58. The molecule has 4 heteroatoms. The number of carbonyl (C=O) groups is 1. The van der Waals surface area contributed by atoms with Crippen molar-refractivity contribution in [3.8, 4) is 0 Å². The fraction of sp³-hybridized carbons (Fsp3) is 0.692. The smallest absolute Gasteiger partial charge is 0.360 e. The molecule has 94 valence electrons. The Hall–Kier alpha value is -1.32. The topological polar surface area (TPSA) is 52.3 Å². The highest BCUT2D eigenvalue weighted by atomic mass is 16.5. The molecule has 0 amide bonds. The third kappa shape index (κ3) is 2.35. The Morgan fingerprint density at radius 2 is 2.18 bits per heavy atom. The van der Waals surface area contributed by atoms with Gasteiger partial charge in [-0.05, 0) is 19.8 Å². The number of carbonyl (C=O) groups excluding carboxylic acids is 1. The summed E-state index contributed by atoms with van der Waals surface area (Å²) < 4.78 is 10.5. The zero-order valence-electron chi connectivity index (χ0n) is 10.5. The minimum atomic E-state index is -0.372. The summed E-state index contributed by atoms with van der Waals surface area (Å²) in [5.74, 6) is 0.332. The van der Waals surface area contributed by atoms with E-state index < -0.39 is 0 Å². The van der Waals surface area contributed by atoms with Crippen molar-refractivity contribution in [1.82, 2.24) is 4.98 Å². The number of oxazole rings is 1. The van der Waals surface area contributed by atoms with Gasteiger partial charge < -0.3 is 9.15 Å². The number of aromatic nitrogens is 1. The molecule has 4 nitrogen and oxygen atoms in total. The van der Waals surface area contributed by atoms with E-state index in [4.69, 9.17) is 9.15 Å². The lowest BCUT2D eigenvalue weighted by molar-refractivity contribution is 0.0513. The van der Waals surface area contributed by atoms with Gasteiger partial charge in [0.15, 0.2) is 12.1 Å². The third-order valence-electron chi connectivity index (χ3n) is 3.54. The molecule has 0 atom stereocenters. The van der Waals surface area contributed by atoms with E-state index in [1.807, 2.05) is 0 Å². The monoisotopic (exact) mass is 237 g/mol. The largest absolute Gasteiger partial charge is 0.461 e. The zero-order chi connectivity index (χ0) is 12.3. The molecule has 0 spiro atoms. The first kappa shape index (κ1) is 12.1. The molecular weight excluding hydrogens is 218 g/mol. The van der Waals surface area contributed by atoms with E-state index in [2.05, 4.69) is 11.9 Å². The van der Waals surface area contributed by atoms with Crippen molar-refractivity contribution in [2.75, 3.05) is 6.61 Å². The SMILES string of the molecule is CCOC(=O)c1ncoc1C1(C)CCCCC1. The molecule has 1 aromatic rings. The van der Waals surface area contributed by atoms with Crippen LogP contribution in [0.15, 0.2) is 10.8 Å². The molecule has 1 heterocycles. The first-order valence-corrected chi connectivity index (χ1v) is 6.28. The van der Waals surface area contributed by atoms with Gasteiger partial charge in [0.25, 0.3) is 0 Å². The summed E-state index contributed by atoms with van der Waals surface area (Å²) in [6.45, 7) is 4.30. The van der Waals surface area contributed by atoms with Crippen molar-refractivity contribution in [1.29, 1.82) is 0 Å². The molecule has 0 radical (unpaired) electrons. The van der Waals surface area contributed by atoms with Gasteiger partial charge in [-0.3, -0.25) is 0 Å². The van der Waals surface area contributed by atoms with Crippen LogP contribution in [0.3, 0.4) is 0 Å². The van der Waals surface area contributed by atoms with E-state index in [9.17, 15) is 4.79 Å². The molecular formula is C13H19NO3. The van der Waals surface area contributed by atoms with Gasteiger partial charge >= 0.3 is 5.97 Å². The summed E-state index contributed by atoms with van der Waals surface area (Å²) >= 11 is 0. The Balaban J connectivity index is 2.26. The van der Waals surface area contributed by atoms with Gasteiger partial charge in [0.2, 0.25) is 0 Å². The molecule has 1 aliphatic carbocycles. The van der Waals surface area contributed by atoms with Crippen molar-refractivity contribution in [2.24, 2.45) is 0 Å². The van der Waals surface area contributed by atoms with Gasteiger partial charge in [-0.25, -0.2) is 9.78 Å². The molecule has 0 bridgehead atoms. The van der Waals surface area contributed by atoms with Crippen molar-refractivity contribution < 1.29 is 13.9 Å². The van der Waals surface area contributed by atoms with Crippen LogP contribution >= 0.6 is 0 Å². The number of rotatable bonds is 3. The van der Waals surface area contributed by atoms with Crippen molar-refractivity contribution in [2.45, 2.75) is 51.4 Å². The molecule has 1 aromatic heterocycles. The van der Waals surface area contributed by atoms with Crippen LogP contribution in [-0.4, -0.2) is 17.6 Å². The highest BCUT2D eigenvalue weighted by Gasteiger charge is 2.36. The predicted molar refractivity (Wildman–Crippen MR) is 62.9 cm³/mol. The van der Waals surface area contributed by atoms with Gasteiger partial charge in [0.1, 0.15) is 5.76 Å². The molecule has 0 aromatic carbocycles. The fourth-order valence-electron chi connectivity index (χ4n) is 2.58. The third-order valence-corrected chi connectivity index (χ3v) is 3.54. The number of esters is 1. The van der Waals surface area contributed by atoms with E-state index in [0.29, 0.717) is 18.1 Å². The Morgan fingerprint density at radius 3 is 2.82 bits per heavy atom. The Bertz CT molecular complexity index is 391. The predicted octanol–water partition coefficient (Wildman–Crippen LogP) is 3.07. The first-order valence-electron chi connectivity index (χ1n) is 6.28. The maximum Gasteiger partial charge on any atom is 0.360 e. The molecule has 1 fully saturated rings. The van der Waals surface area contributed by atoms with E-state index in [-0.39, 0.29) is 11.4 Å². The van der Waals surface area contributed by atoms with Crippen molar-refractivity contribution in [3.05, 3.63) is 17.8 Å². The van der Waals surface area contributed by atoms with Crippen LogP contribution in [0.4, 0.5) is 0 Å². The summed E-state index contributed by atoms with van der Waals surface area (Å²) in [6, 6.07) is 0.